The first kappa shape index (κ1) is 12.5. The van der Waals surface area contributed by atoms with E-state index < -0.39 is 0 Å². The number of rotatable bonds is 4. The van der Waals surface area contributed by atoms with Gasteiger partial charge in [0.05, 0.1) is 6.61 Å². The van der Waals surface area contributed by atoms with Gasteiger partial charge in [-0.25, -0.2) is 4.98 Å². The average Bonchev–Trinajstić information content (AvgIpc) is 2.81. The lowest BCUT2D eigenvalue weighted by Crippen LogP contribution is -2.19. The van der Waals surface area contributed by atoms with Crippen molar-refractivity contribution in [3.8, 4) is 0 Å². The normalized spacial score (nSPS) is 10.5. The van der Waals surface area contributed by atoms with Gasteiger partial charge in [0.1, 0.15) is 5.82 Å². The van der Waals surface area contributed by atoms with Crippen molar-refractivity contribution in [1.82, 2.24) is 4.98 Å². The molecule has 0 amide bonds. The van der Waals surface area contributed by atoms with E-state index in [1.165, 1.54) is 5.56 Å². The Labute approximate surface area is 113 Å². The zero-order valence-electron chi connectivity index (χ0n) is 9.43. The lowest BCUT2D eigenvalue weighted by Gasteiger charge is -2.20. The first-order valence-corrected chi connectivity index (χ1v) is 6.92. The number of hydrogen-bond donors (Lipinski definition) is 1. The molecule has 2 aromatic rings. The number of halogens is 1. The minimum atomic E-state index is -0.00422. The van der Waals surface area contributed by atoms with Crippen molar-refractivity contribution in [1.29, 1.82) is 0 Å². The Balaban J connectivity index is 2.21. The maximum atomic E-state index is 9.33. The van der Waals surface area contributed by atoms with Crippen LogP contribution in [0.5, 0.6) is 0 Å². The summed E-state index contributed by atoms with van der Waals surface area (Å²) in [7, 11) is 1.98. The van der Waals surface area contributed by atoms with Crippen LogP contribution in [0.1, 0.15) is 11.1 Å². The summed E-state index contributed by atoms with van der Waals surface area (Å²) < 4.78 is 0.884. The van der Waals surface area contributed by atoms with E-state index in [9.17, 15) is 5.11 Å². The molecule has 0 saturated carbocycles. The molecule has 0 atom stereocenters. The molecule has 0 fully saturated rings. The molecule has 3 nitrogen and oxygen atoms in total. The fourth-order valence-corrected chi connectivity index (χ4v) is 2.70. The molecule has 90 valence electrons. The van der Waals surface area contributed by atoms with E-state index in [1.54, 1.807) is 17.5 Å². The second-order valence-corrected chi connectivity index (χ2v) is 5.48. The molecule has 0 aromatic carbocycles. The van der Waals surface area contributed by atoms with Gasteiger partial charge < -0.3 is 10.0 Å². The zero-order valence-corrected chi connectivity index (χ0v) is 11.8. The first-order chi connectivity index (χ1) is 8.20. The van der Waals surface area contributed by atoms with E-state index in [-0.39, 0.29) is 6.61 Å². The smallest absolute Gasteiger partial charge is 0.134 e. The number of aromatic nitrogens is 1. The van der Waals surface area contributed by atoms with Gasteiger partial charge in [-0.2, -0.15) is 11.3 Å². The van der Waals surface area contributed by atoms with E-state index in [1.807, 2.05) is 18.0 Å². The summed E-state index contributed by atoms with van der Waals surface area (Å²) in [5.74, 6) is 0.821. The van der Waals surface area contributed by atoms with Crippen LogP contribution in [0.2, 0.25) is 0 Å². The Hall–Kier alpha value is -0.910. The Morgan fingerprint density at radius 1 is 1.53 bits per heavy atom. The number of anilines is 1. The van der Waals surface area contributed by atoms with Crippen LogP contribution in [0.15, 0.2) is 33.6 Å². The van der Waals surface area contributed by atoms with Crippen molar-refractivity contribution in [3.63, 3.8) is 0 Å². The van der Waals surface area contributed by atoms with Crippen molar-refractivity contribution < 1.29 is 5.11 Å². The van der Waals surface area contributed by atoms with Gasteiger partial charge in [-0.1, -0.05) is 0 Å². The fourth-order valence-electron chi connectivity index (χ4n) is 1.67. The van der Waals surface area contributed by atoms with Crippen LogP contribution >= 0.6 is 27.3 Å². The van der Waals surface area contributed by atoms with E-state index in [4.69, 9.17) is 0 Å². The molecule has 2 aromatic heterocycles. The van der Waals surface area contributed by atoms with Crippen LogP contribution in [0.4, 0.5) is 5.82 Å². The molecule has 2 rings (SSSR count). The first-order valence-electron chi connectivity index (χ1n) is 5.18. The second-order valence-electron chi connectivity index (χ2n) is 3.78. The van der Waals surface area contributed by atoms with E-state index >= 15 is 0 Å². The van der Waals surface area contributed by atoms with Gasteiger partial charge in [-0.3, -0.25) is 0 Å². The molecule has 0 bridgehead atoms. The summed E-state index contributed by atoms with van der Waals surface area (Å²) >= 11 is 5.04. The number of aliphatic hydroxyl groups is 1. The number of thiophene rings is 1. The van der Waals surface area contributed by atoms with Gasteiger partial charge in [-0.05, 0) is 44.4 Å². The third kappa shape index (κ3) is 3.06. The molecule has 0 spiro atoms. The third-order valence-corrected chi connectivity index (χ3v) is 3.61. The van der Waals surface area contributed by atoms with Crippen LogP contribution in [-0.2, 0) is 13.2 Å². The fraction of sp³-hybridized carbons (Fsp3) is 0.250. The van der Waals surface area contributed by atoms with E-state index in [2.05, 4.69) is 37.7 Å². The van der Waals surface area contributed by atoms with E-state index in [0.717, 1.165) is 22.4 Å². The summed E-state index contributed by atoms with van der Waals surface area (Å²) in [6.45, 7) is 0.793. The third-order valence-electron chi connectivity index (χ3n) is 2.44. The monoisotopic (exact) mass is 312 g/mol. The highest BCUT2D eigenvalue weighted by molar-refractivity contribution is 9.10. The van der Waals surface area contributed by atoms with E-state index in [0.29, 0.717) is 0 Å². The van der Waals surface area contributed by atoms with Gasteiger partial charge in [-0.15, -0.1) is 0 Å². The summed E-state index contributed by atoms with van der Waals surface area (Å²) in [5, 5.41) is 13.5. The molecule has 1 N–H and O–H groups in total. The molecule has 2 heterocycles. The summed E-state index contributed by atoms with van der Waals surface area (Å²) in [5.41, 5.74) is 2.09. The molecular weight excluding hydrogens is 300 g/mol. The lowest BCUT2D eigenvalue weighted by atomic mass is 10.2. The molecule has 0 aliphatic heterocycles. The molecule has 0 aliphatic rings. The van der Waals surface area contributed by atoms with Gasteiger partial charge in [0, 0.05) is 29.8 Å². The second kappa shape index (κ2) is 5.62. The van der Waals surface area contributed by atoms with Crippen molar-refractivity contribution >= 4 is 33.1 Å². The zero-order chi connectivity index (χ0) is 12.3. The predicted molar refractivity (Wildman–Crippen MR) is 74.3 cm³/mol. The lowest BCUT2D eigenvalue weighted by molar-refractivity contribution is 0.281. The molecule has 0 aliphatic carbocycles. The SMILES string of the molecule is CN(Cc1ccsc1)c1ncc(Br)cc1CO. The highest BCUT2D eigenvalue weighted by Gasteiger charge is 2.09. The van der Waals surface area contributed by atoms with Gasteiger partial charge in [0.2, 0.25) is 0 Å². The minimum Gasteiger partial charge on any atom is -0.392 e. The summed E-state index contributed by atoms with van der Waals surface area (Å²) in [6.07, 6.45) is 1.75. The van der Waals surface area contributed by atoms with Crippen molar-refractivity contribution in [2.24, 2.45) is 0 Å². The Morgan fingerprint density at radius 2 is 2.35 bits per heavy atom. The molecule has 0 unspecified atom stereocenters. The molecule has 5 heteroatoms. The standard InChI is InChI=1S/C12H13BrN2OS/c1-15(6-9-2-3-17-8-9)12-10(7-16)4-11(13)5-14-12/h2-5,8,16H,6-7H2,1H3. The average molecular weight is 313 g/mol. The Kier molecular flexibility index (Phi) is 4.15. The maximum Gasteiger partial charge on any atom is 0.134 e. The van der Waals surface area contributed by atoms with Crippen molar-refractivity contribution in [2.45, 2.75) is 13.2 Å². The predicted octanol–water partition coefficient (Wildman–Crippen LogP) is 3.03. The van der Waals surface area contributed by atoms with Crippen molar-refractivity contribution in [3.05, 3.63) is 44.7 Å². The van der Waals surface area contributed by atoms with Crippen molar-refractivity contribution in [2.75, 3.05) is 11.9 Å². The van der Waals surface area contributed by atoms with Crippen LogP contribution < -0.4 is 4.90 Å². The summed E-state index contributed by atoms with van der Waals surface area (Å²) in [6, 6.07) is 3.99. The molecule has 0 saturated heterocycles. The largest absolute Gasteiger partial charge is 0.392 e. The highest BCUT2D eigenvalue weighted by Crippen LogP contribution is 2.22. The minimum absolute atomic E-state index is 0.00422. The quantitative estimate of drug-likeness (QED) is 0.942. The molecule has 17 heavy (non-hydrogen) atoms. The van der Waals surface area contributed by atoms with Gasteiger partial charge in [0.15, 0.2) is 0 Å². The van der Waals surface area contributed by atoms with Crippen LogP contribution in [0.25, 0.3) is 0 Å². The Morgan fingerprint density at radius 3 is 3.00 bits per heavy atom. The number of hydrogen-bond acceptors (Lipinski definition) is 4. The molecular formula is C12H13BrN2OS. The number of aliphatic hydroxyl groups excluding tert-OH is 1. The number of nitrogens with zero attached hydrogens (tertiary/aromatic N) is 2. The number of pyridine rings is 1. The highest BCUT2D eigenvalue weighted by atomic mass is 79.9. The van der Waals surface area contributed by atoms with Gasteiger partial charge in [0.25, 0.3) is 0 Å². The van der Waals surface area contributed by atoms with Crippen LogP contribution in [0, 0.1) is 0 Å². The van der Waals surface area contributed by atoms with Gasteiger partial charge >= 0.3 is 0 Å². The summed E-state index contributed by atoms with van der Waals surface area (Å²) in [4.78, 5) is 6.39. The molecule has 0 radical (unpaired) electrons. The maximum absolute atomic E-state index is 9.33. The van der Waals surface area contributed by atoms with Crippen LogP contribution in [-0.4, -0.2) is 17.1 Å². The Bertz CT molecular complexity index is 487. The topological polar surface area (TPSA) is 36.4 Å². The van der Waals surface area contributed by atoms with Crippen LogP contribution in [0.3, 0.4) is 0 Å².